The van der Waals surface area contributed by atoms with Crippen LogP contribution in [0.2, 0.25) is 0 Å². The number of esters is 1. The Labute approximate surface area is 186 Å². The number of rotatable bonds is 10. The maximum absolute atomic E-state index is 12.8. The molecule has 0 bridgehead atoms. The van der Waals surface area contributed by atoms with Gasteiger partial charge in [0.15, 0.2) is 0 Å². The van der Waals surface area contributed by atoms with E-state index in [1.807, 2.05) is 30.3 Å². The number of hydrogen-bond donors (Lipinski definition) is 1. The van der Waals surface area contributed by atoms with Gasteiger partial charge in [0.2, 0.25) is 0 Å². The van der Waals surface area contributed by atoms with Gasteiger partial charge in [-0.05, 0) is 50.6 Å². The van der Waals surface area contributed by atoms with E-state index in [0.29, 0.717) is 12.2 Å². The van der Waals surface area contributed by atoms with Gasteiger partial charge in [0, 0.05) is 12.5 Å². The van der Waals surface area contributed by atoms with Gasteiger partial charge in [0.1, 0.15) is 17.5 Å². The van der Waals surface area contributed by atoms with E-state index in [9.17, 15) is 18.0 Å². The van der Waals surface area contributed by atoms with Crippen molar-refractivity contribution in [1.82, 2.24) is 0 Å². The highest BCUT2D eigenvalue weighted by Gasteiger charge is 2.30. The van der Waals surface area contributed by atoms with Gasteiger partial charge in [0.05, 0.1) is 25.2 Å². The van der Waals surface area contributed by atoms with E-state index >= 15 is 0 Å². The summed E-state index contributed by atoms with van der Waals surface area (Å²) in [5.41, 5.74) is 5.75. The summed E-state index contributed by atoms with van der Waals surface area (Å²) in [6.07, 6.45) is -4.39. The quantitative estimate of drug-likeness (QED) is 0.391. The second-order valence-electron chi connectivity index (χ2n) is 8.45. The molecule has 0 amide bonds. The minimum atomic E-state index is -4.41. The van der Waals surface area contributed by atoms with E-state index in [4.69, 9.17) is 19.9 Å². The summed E-state index contributed by atoms with van der Waals surface area (Å²) in [5.74, 6) is -0.0382. The first-order valence-corrected chi connectivity index (χ1v) is 10.4. The monoisotopic (exact) mass is 453 g/mol. The number of nitrogens with two attached hydrogens (primary N) is 1. The number of carbonyl (C=O) groups is 1. The third kappa shape index (κ3) is 9.28. The van der Waals surface area contributed by atoms with Crippen LogP contribution >= 0.6 is 0 Å². The van der Waals surface area contributed by atoms with Gasteiger partial charge in [0.25, 0.3) is 0 Å². The van der Waals surface area contributed by atoms with Crippen molar-refractivity contribution < 1.29 is 32.2 Å². The zero-order valence-electron chi connectivity index (χ0n) is 18.5. The van der Waals surface area contributed by atoms with Crippen molar-refractivity contribution in [3.8, 4) is 5.75 Å². The number of benzene rings is 2. The fourth-order valence-electron chi connectivity index (χ4n) is 2.93. The SMILES string of the molecule is CC(C)(C)OC(=O)CCOC[C@H](N)C[C@@H](Oc1ccc(C(F)(F)F)cc1)c1ccccc1. The van der Waals surface area contributed by atoms with Gasteiger partial charge in [-0.15, -0.1) is 0 Å². The van der Waals surface area contributed by atoms with Crippen LogP contribution in [0.4, 0.5) is 13.2 Å². The molecule has 0 fully saturated rings. The Morgan fingerprint density at radius 3 is 2.19 bits per heavy atom. The van der Waals surface area contributed by atoms with Crippen LogP contribution in [0.3, 0.4) is 0 Å². The summed E-state index contributed by atoms with van der Waals surface area (Å²) in [6, 6.07) is 13.4. The zero-order chi connectivity index (χ0) is 23.8. The fourth-order valence-corrected chi connectivity index (χ4v) is 2.93. The normalized spacial score (nSPS) is 14.0. The molecule has 0 saturated carbocycles. The largest absolute Gasteiger partial charge is 0.486 e. The molecule has 176 valence electrons. The van der Waals surface area contributed by atoms with Crippen molar-refractivity contribution in [3.05, 3.63) is 65.7 Å². The Kier molecular flexibility index (Phi) is 9.09. The molecule has 0 spiro atoms. The molecule has 2 aromatic carbocycles. The second kappa shape index (κ2) is 11.3. The predicted molar refractivity (Wildman–Crippen MR) is 115 cm³/mol. The standard InChI is InChI=1S/C24H30F3NO4/c1-23(2,3)32-22(29)13-14-30-16-19(28)15-21(17-7-5-4-6-8-17)31-20-11-9-18(10-12-20)24(25,26)27/h4-12,19,21H,13-16,28H2,1-3H3/t19-,21-/m1/s1. The van der Waals surface area contributed by atoms with Crippen LogP contribution in [-0.2, 0) is 20.4 Å². The third-order valence-electron chi connectivity index (χ3n) is 4.35. The molecule has 2 atom stereocenters. The molecule has 2 aromatic rings. The molecule has 0 aliphatic rings. The molecule has 0 aliphatic carbocycles. The highest BCUT2D eigenvalue weighted by Crippen LogP contribution is 2.32. The van der Waals surface area contributed by atoms with Crippen LogP contribution in [0, 0.1) is 0 Å². The van der Waals surface area contributed by atoms with Gasteiger partial charge < -0.3 is 19.9 Å². The maximum atomic E-state index is 12.8. The van der Waals surface area contributed by atoms with E-state index < -0.39 is 29.5 Å². The second-order valence-corrected chi connectivity index (χ2v) is 8.45. The number of halogens is 3. The van der Waals surface area contributed by atoms with Crippen molar-refractivity contribution in [1.29, 1.82) is 0 Å². The first kappa shape index (κ1) is 25.7. The smallest absolute Gasteiger partial charge is 0.416 e. The summed E-state index contributed by atoms with van der Waals surface area (Å²) in [4.78, 5) is 11.7. The molecule has 0 heterocycles. The minimum Gasteiger partial charge on any atom is -0.486 e. The number of hydrogen-bond acceptors (Lipinski definition) is 5. The molecule has 5 nitrogen and oxygen atoms in total. The van der Waals surface area contributed by atoms with Crippen LogP contribution in [0.1, 0.15) is 50.8 Å². The number of carbonyl (C=O) groups excluding carboxylic acids is 1. The first-order valence-electron chi connectivity index (χ1n) is 10.4. The number of ether oxygens (including phenoxy) is 3. The molecular formula is C24H30F3NO4. The Morgan fingerprint density at radius 2 is 1.62 bits per heavy atom. The Hall–Kier alpha value is -2.58. The van der Waals surface area contributed by atoms with Gasteiger partial charge in [-0.2, -0.15) is 13.2 Å². The van der Waals surface area contributed by atoms with E-state index in [2.05, 4.69) is 0 Å². The predicted octanol–water partition coefficient (Wildman–Crippen LogP) is 5.29. The van der Waals surface area contributed by atoms with Gasteiger partial charge in [-0.3, -0.25) is 4.79 Å². The van der Waals surface area contributed by atoms with Crippen molar-refractivity contribution in [2.75, 3.05) is 13.2 Å². The average Bonchev–Trinajstić information content (AvgIpc) is 2.70. The lowest BCUT2D eigenvalue weighted by molar-refractivity contribution is -0.156. The molecule has 8 heteroatoms. The van der Waals surface area contributed by atoms with E-state index in [1.165, 1.54) is 12.1 Å². The molecular weight excluding hydrogens is 423 g/mol. The van der Waals surface area contributed by atoms with Crippen molar-refractivity contribution in [2.24, 2.45) is 5.73 Å². The van der Waals surface area contributed by atoms with E-state index in [1.54, 1.807) is 20.8 Å². The van der Waals surface area contributed by atoms with E-state index in [0.717, 1.165) is 17.7 Å². The van der Waals surface area contributed by atoms with Gasteiger partial charge in [-0.1, -0.05) is 30.3 Å². The molecule has 2 rings (SSSR count). The number of alkyl halides is 3. The van der Waals surface area contributed by atoms with Gasteiger partial charge in [-0.25, -0.2) is 0 Å². The highest BCUT2D eigenvalue weighted by molar-refractivity contribution is 5.69. The summed E-state index contributed by atoms with van der Waals surface area (Å²) < 4.78 is 55.1. The van der Waals surface area contributed by atoms with Crippen LogP contribution in [0.5, 0.6) is 5.75 Å². The summed E-state index contributed by atoms with van der Waals surface area (Å²) in [7, 11) is 0. The molecule has 0 aliphatic heterocycles. The summed E-state index contributed by atoms with van der Waals surface area (Å²) in [6.45, 7) is 5.76. The summed E-state index contributed by atoms with van der Waals surface area (Å²) >= 11 is 0. The molecule has 2 N–H and O–H groups in total. The lowest BCUT2D eigenvalue weighted by atomic mass is 10.0. The molecule has 0 saturated heterocycles. The molecule has 0 unspecified atom stereocenters. The van der Waals surface area contributed by atoms with Crippen LogP contribution in [-0.4, -0.2) is 30.8 Å². The maximum Gasteiger partial charge on any atom is 0.416 e. The summed E-state index contributed by atoms with van der Waals surface area (Å²) in [5, 5.41) is 0. The Balaban J connectivity index is 1.93. The van der Waals surface area contributed by atoms with Crippen LogP contribution in [0.15, 0.2) is 54.6 Å². The molecule has 32 heavy (non-hydrogen) atoms. The van der Waals surface area contributed by atoms with Crippen LogP contribution in [0.25, 0.3) is 0 Å². The van der Waals surface area contributed by atoms with Crippen molar-refractivity contribution >= 4 is 5.97 Å². The molecule has 0 aromatic heterocycles. The topological polar surface area (TPSA) is 70.8 Å². The van der Waals surface area contributed by atoms with Crippen LogP contribution < -0.4 is 10.5 Å². The Bertz CT molecular complexity index is 833. The lowest BCUT2D eigenvalue weighted by Gasteiger charge is -2.23. The first-order chi connectivity index (χ1) is 14.9. The van der Waals surface area contributed by atoms with Crippen molar-refractivity contribution in [3.63, 3.8) is 0 Å². The molecule has 0 radical (unpaired) electrons. The zero-order valence-corrected chi connectivity index (χ0v) is 18.5. The minimum absolute atomic E-state index is 0.119. The Morgan fingerprint density at radius 1 is 1.00 bits per heavy atom. The highest BCUT2D eigenvalue weighted by atomic mass is 19.4. The lowest BCUT2D eigenvalue weighted by Crippen LogP contribution is -2.30. The van der Waals surface area contributed by atoms with Crippen molar-refractivity contribution in [2.45, 2.75) is 57.5 Å². The average molecular weight is 454 g/mol. The third-order valence-corrected chi connectivity index (χ3v) is 4.35. The van der Waals surface area contributed by atoms with E-state index in [-0.39, 0.29) is 25.6 Å². The van der Waals surface area contributed by atoms with Gasteiger partial charge >= 0.3 is 12.1 Å². The fraction of sp³-hybridized carbons (Fsp3) is 0.458.